The molecule has 0 saturated carbocycles. The van der Waals surface area contributed by atoms with Crippen LogP contribution in [0.25, 0.3) is 0 Å². The Labute approximate surface area is 108 Å². The Bertz CT molecular complexity index is 213. The molecule has 0 saturated heterocycles. The van der Waals surface area contributed by atoms with E-state index in [1.54, 1.807) is 0 Å². The number of hydrogen-bond acceptors (Lipinski definition) is 8. The van der Waals surface area contributed by atoms with Crippen molar-refractivity contribution >= 4 is 11.9 Å². The van der Waals surface area contributed by atoms with Crippen LogP contribution in [0.5, 0.6) is 0 Å². The summed E-state index contributed by atoms with van der Waals surface area (Å²) in [5.74, 6) is -1.94. The lowest BCUT2D eigenvalue weighted by molar-refractivity contribution is -0.137. The minimum absolute atomic E-state index is 0.0833. The fraction of sp³-hybridized carbons (Fsp3) is 0.333. The standard InChI is InChI=1S/C3H6O3.C3H4O2.C3H6O.2O2/c4-2-1-3(5)6;1-2-3(4)5;1-2-3-4;2*1-2/h4H,1-2H2,(H,5,6);2H,1H2,(H,4,5);2,4H,1,3H2;;. The molecule has 0 bridgehead atoms. The van der Waals surface area contributed by atoms with Gasteiger partial charge in [0.2, 0.25) is 0 Å². The largest absolute Gasteiger partial charge is 0.481 e. The summed E-state index contributed by atoms with van der Waals surface area (Å²) in [4.78, 5) is 46.7. The van der Waals surface area contributed by atoms with Gasteiger partial charge in [-0.05, 0) is 0 Å². The summed E-state index contributed by atoms with van der Waals surface area (Å²) >= 11 is 0. The second kappa shape index (κ2) is 45.0. The van der Waals surface area contributed by atoms with E-state index in [4.69, 9.17) is 40.3 Å². The average Bonchev–Trinajstić information content (AvgIpc) is 2.44. The number of aliphatic carboxylic acids is 2. The van der Waals surface area contributed by atoms with Crippen LogP contribution in [0.2, 0.25) is 0 Å². The molecule has 0 fully saturated rings. The molecule has 0 aliphatic rings. The van der Waals surface area contributed by atoms with Gasteiger partial charge < -0.3 is 20.4 Å². The maximum atomic E-state index is 9.44. The van der Waals surface area contributed by atoms with Gasteiger partial charge in [-0.15, -0.1) is 6.58 Å². The lowest BCUT2D eigenvalue weighted by Gasteiger charge is -1.79. The van der Waals surface area contributed by atoms with Gasteiger partial charge in [0.25, 0.3) is 0 Å². The van der Waals surface area contributed by atoms with Crippen LogP contribution in [0.15, 0.2) is 25.3 Å². The molecule has 0 aromatic carbocycles. The molecule has 0 rings (SSSR count). The summed E-state index contributed by atoms with van der Waals surface area (Å²) in [5, 5.41) is 31.0. The Morgan fingerprint density at radius 1 is 0.947 bits per heavy atom. The van der Waals surface area contributed by atoms with Gasteiger partial charge in [0, 0.05) is 25.9 Å². The fourth-order valence-electron chi connectivity index (χ4n) is 0.0956. The fourth-order valence-corrected chi connectivity index (χ4v) is 0.0956. The van der Waals surface area contributed by atoms with Gasteiger partial charge in [0.05, 0.1) is 19.6 Å². The van der Waals surface area contributed by atoms with Crippen LogP contribution in [0.4, 0.5) is 0 Å². The quantitative estimate of drug-likeness (QED) is 0.404. The summed E-state index contributed by atoms with van der Waals surface area (Å²) in [7, 11) is 0. The first-order chi connectivity index (χ1) is 8.95. The molecule has 0 aromatic heterocycles. The highest BCUT2D eigenvalue weighted by atomic mass is 16.7. The summed E-state index contributed by atoms with van der Waals surface area (Å²) in [5.41, 5.74) is 0. The number of carboxylic acid groups (broad SMARTS) is 2. The van der Waals surface area contributed by atoms with Crippen LogP contribution >= 0.6 is 0 Å². The van der Waals surface area contributed by atoms with Gasteiger partial charge in [0.1, 0.15) is 0 Å². The van der Waals surface area contributed by atoms with Crippen molar-refractivity contribution < 1.29 is 30.0 Å². The Kier molecular flexibility index (Phi) is 71.1. The molecule has 0 spiro atoms. The normalized spacial score (nSPS) is 6.00. The zero-order chi connectivity index (χ0) is 16.7. The minimum atomic E-state index is -0.981. The number of hydrogen-bond donors (Lipinski definition) is 4. The third kappa shape index (κ3) is 227. The zero-order valence-corrected chi connectivity index (χ0v) is 9.93. The second-order valence-electron chi connectivity index (χ2n) is 1.88. The molecule has 10 heteroatoms. The van der Waals surface area contributed by atoms with Crippen LogP contribution in [-0.4, -0.2) is 45.6 Å². The molecule has 0 radical (unpaired) electrons. The van der Waals surface area contributed by atoms with E-state index in [2.05, 4.69) is 13.2 Å². The van der Waals surface area contributed by atoms with Crippen LogP contribution in [-0.2, 0) is 9.59 Å². The van der Waals surface area contributed by atoms with Crippen molar-refractivity contribution in [1.82, 2.24) is 0 Å². The van der Waals surface area contributed by atoms with E-state index in [1.165, 1.54) is 6.08 Å². The Balaban J connectivity index is -0.0000000461. The van der Waals surface area contributed by atoms with Gasteiger partial charge in [0.15, 0.2) is 0 Å². The van der Waals surface area contributed by atoms with Crippen LogP contribution in [0.3, 0.4) is 0 Å². The molecule has 4 N–H and O–H groups in total. The summed E-state index contributed by atoms with van der Waals surface area (Å²) in [6.07, 6.45) is 2.11. The van der Waals surface area contributed by atoms with E-state index in [1.807, 2.05) is 0 Å². The summed E-state index contributed by atoms with van der Waals surface area (Å²) < 4.78 is 0. The average molecular weight is 284 g/mol. The molecular formula is C9H16O10. The lowest BCUT2D eigenvalue weighted by Crippen LogP contribution is -1.96. The molecule has 0 aliphatic carbocycles. The zero-order valence-electron chi connectivity index (χ0n) is 9.93. The van der Waals surface area contributed by atoms with Gasteiger partial charge in [-0.2, -0.15) is 0 Å². The SMILES string of the molecule is C=CC(=O)O.C=CCO.O=C(O)CCO.O=O.O=O. The van der Waals surface area contributed by atoms with Gasteiger partial charge in [-0.1, -0.05) is 12.7 Å². The first-order valence-corrected chi connectivity index (χ1v) is 4.19. The van der Waals surface area contributed by atoms with E-state index in [0.29, 0.717) is 0 Å². The van der Waals surface area contributed by atoms with Crippen molar-refractivity contribution in [3.05, 3.63) is 45.2 Å². The Morgan fingerprint density at radius 2 is 1.21 bits per heavy atom. The number of rotatable bonds is 4. The number of carbonyl (C=O) groups is 2. The topological polar surface area (TPSA) is 183 Å². The number of aliphatic hydroxyl groups excluding tert-OH is 2. The van der Waals surface area contributed by atoms with Crippen LogP contribution in [0, 0.1) is 19.9 Å². The highest BCUT2D eigenvalue weighted by Gasteiger charge is 1.88. The van der Waals surface area contributed by atoms with Crippen molar-refractivity contribution in [2.75, 3.05) is 13.2 Å². The van der Waals surface area contributed by atoms with E-state index >= 15 is 0 Å². The molecule has 10 nitrogen and oxygen atoms in total. The molecule has 112 valence electrons. The summed E-state index contributed by atoms with van der Waals surface area (Å²) in [6.45, 7) is 6.00. The Morgan fingerprint density at radius 3 is 1.21 bits per heavy atom. The van der Waals surface area contributed by atoms with Gasteiger partial charge in [-0.25, -0.2) is 4.79 Å². The second-order valence-corrected chi connectivity index (χ2v) is 1.88. The molecule has 0 amide bonds. The first kappa shape index (κ1) is 30.0. The van der Waals surface area contributed by atoms with Gasteiger partial charge in [-0.3, -0.25) is 4.79 Å². The highest BCUT2D eigenvalue weighted by Crippen LogP contribution is 1.70. The molecular weight excluding hydrogens is 268 g/mol. The monoisotopic (exact) mass is 284 g/mol. The lowest BCUT2D eigenvalue weighted by atomic mass is 10.5. The molecule has 0 atom stereocenters. The third-order valence-corrected chi connectivity index (χ3v) is 0.629. The van der Waals surface area contributed by atoms with Crippen molar-refractivity contribution in [1.29, 1.82) is 0 Å². The number of carboxylic acids is 2. The minimum Gasteiger partial charge on any atom is -0.481 e. The predicted octanol–water partition coefficient (Wildman–Crippen LogP) is 0.00910. The maximum absolute atomic E-state index is 9.44. The molecule has 19 heavy (non-hydrogen) atoms. The number of aliphatic hydroxyl groups is 2. The third-order valence-electron chi connectivity index (χ3n) is 0.629. The predicted molar refractivity (Wildman–Crippen MR) is 67.9 cm³/mol. The van der Waals surface area contributed by atoms with Crippen molar-refractivity contribution in [2.24, 2.45) is 0 Å². The molecule has 0 aliphatic heterocycles. The van der Waals surface area contributed by atoms with Crippen molar-refractivity contribution in [3.63, 3.8) is 0 Å². The van der Waals surface area contributed by atoms with E-state index in [0.717, 1.165) is 6.08 Å². The Hall–Kier alpha value is -2.46. The van der Waals surface area contributed by atoms with Crippen molar-refractivity contribution in [2.45, 2.75) is 6.42 Å². The van der Waals surface area contributed by atoms with E-state index in [9.17, 15) is 9.59 Å². The van der Waals surface area contributed by atoms with Gasteiger partial charge >= 0.3 is 11.9 Å². The smallest absolute Gasteiger partial charge is 0.327 e. The molecule has 0 heterocycles. The van der Waals surface area contributed by atoms with E-state index < -0.39 is 11.9 Å². The molecule has 0 aromatic rings. The van der Waals surface area contributed by atoms with E-state index in [-0.39, 0.29) is 19.6 Å². The van der Waals surface area contributed by atoms with Crippen LogP contribution < -0.4 is 0 Å². The van der Waals surface area contributed by atoms with Crippen LogP contribution in [0.1, 0.15) is 6.42 Å². The van der Waals surface area contributed by atoms with Crippen molar-refractivity contribution in [3.8, 4) is 0 Å². The molecule has 0 unspecified atom stereocenters. The first-order valence-electron chi connectivity index (χ1n) is 4.19. The summed E-state index contributed by atoms with van der Waals surface area (Å²) in [6, 6.07) is 0. The maximum Gasteiger partial charge on any atom is 0.327 e. The highest BCUT2D eigenvalue weighted by molar-refractivity contribution is 5.78.